The molecule has 2 aromatic carbocycles. The highest BCUT2D eigenvalue weighted by molar-refractivity contribution is 9.10. The van der Waals surface area contributed by atoms with Crippen LogP contribution in [0.5, 0.6) is 11.5 Å². The van der Waals surface area contributed by atoms with Crippen LogP contribution in [-0.2, 0) is 6.18 Å². The lowest BCUT2D eigenvalue weighted by molar-refractivity contribution is -0.386. The van der Waals surface area contributed by atoms with Gasteiger partial charge in [0, 0.05) is 6.07 Å². The van der Waals surface area contributed by atoms with Crippen LogP contribution in [0, 0.1) is 10.1 Å². The molecule has 0 radical (unpaired) electrons. The number of halogens is 5. The summed E-state index contributed by atoms with van der Waals surface area (Å²) in [4.78, 5) is 9.85. The van der Waals surface area contributed by atoms with Crippen molar-refractivity contribution in [2.75, 3.05) is 0 Å². The molecule has 116 valence electrons. The zero-order chi connectivity index (χ0) is 16.5. The molecule has 9 heteroatoms. The lowest BCUT2D eigenvalue weighted by Crippen LogP contribution is -2.10. The van der Waals surface area contributed by atoms with Crippen molar-refractivity contribution >= 4 is 33.2 Å². The van der Waals surface area contributed by atoms with Crippen molar-refractivity contribution < 1.29 is 22.8 Å². The summed E-state index contributed by atoms with van der Waals surface area (Å²) in [5, 5.41) is 10.9. The zero-order valence-corrected chi connectivity index (χ0v) is 12.9. The van der Waals surface area contributed by atoms with E-state index in [4.69, 9.17) is 16.3 Å². The van der Waals surface area contributed by atoms with Gasteiger partial charge in [-0.2, -0.15) is 13.2 Å². The molecule has 0 saturated heterocycles. The Balaban J connectivity index is 2.59. The van der Waals surface area contributed by atoms with Gasteiger partial charge in [0.15, 0.2) is 0 Å². The Hall–Kier alpha value is -1.80. The quantitative estimate of drug-likeness (QED) is 0.485. The molecule has 2 aromatic rings. The predicted molar refractivity (Wildman–Crippen MR) is 77.3 cm³/mol. The Kier molecular flexibility index (Phi) is 4.62. The van der Waals surface area contributed by atoms with Crippen LogP contribution in [0.4, 0.5) is 18.9 Å². The Morgan fingerprint density at radius 1 is 1.14 bits per heavy atom. The molecule has 0 unspecified atom stereocenters. The summed E-state index contributed by atoms with van der Waals surface area (Å²) in [6.45, 7) is 0. The third-order valence-electron chi connectivity index (χ3n) is 2.62. The lowest BCUT2D eigenvalue weighted by Gasteiger charge is -2.15. The minimum Gasteiger partial charge on any atom is -0.455 e. The first kappa shape index (κ1) is 16.6. The number of nitro groups is 1. The molecule has 0 amide bonds. The minimum absolute atomic E-state index is 0.00965. The normalized spacial score (nSPS) is 11.3. The average Bonchev–Trinajstić information content (AvgIpc) is 2.39. The summed E-state index contributed by atoms with van der Waals surface area (Å²) in [7, 11) is 0. The summed E-state index contributed by atoms with van der Waals surface area (Å²) < 4.78 is 44.0. The van der Waals surface area contributed by atoms with Crippen LogP contribution in [0.25, 0.3) is 0 Å². The number of nitro benzene ring substituents is 1. The van der Waals surface area contributed by atoms with Gasteiger partial charge in [0.1, 0.15) is 21.5 Å². The molecule has 0 aromatic heterocycles. The highest BCUT2D eigenvalue weighted by Gasteiger charge is 2.40. The molecular weight excluding hydrogens is 390 g/mol. The molecule has 0 spiro atoms. The number of hydrogen-bond acceptors (Lipinski definition) is 3. The summed E-state index contributed by atoms with van der Waals surface area (Å²) in [5.74, 6) is -0.575. The van der Waals surface area contributed by atoms with Crippen LogP contribution >= 0.6 is 27.5 Å². The smallest absolute Gasteiger partial charge is 0.421 e. The van der Waals surface area contributed by atoms with E-state index in [0.717, 1.165) is 12.1 Å². The average molecular weight is 397 g/mol. The van der Waals surface area contributed by atoms with Gasteiger partial charge in [0.05, 0.1) is 9.95 Å². The van der Waals surface area contributed by atoms with E-state index in [1.54, 1.807) is 6.07 Å². The molecule has 0 atom stereocenters. The Morgan fingerprint density at radius 3 is 2.32 bits per heavy atom. The fourth-order valence-corrected chi connectivity index (χ4v) is 2.55. The second-order valence-electron chi connectivity index (χ2n) is 4.06. The van der Waals surface area contributed by atoms with Gasteiger partial charge in [-0.05, 0) is 34.1 Å². The van der Waals surface area contributed by atoms with Crippen LogP contribution in [0.1, 0.15) is 5.56 Å². The van der Waals surface area contributed by atoms with Gasteiger partial charge >= 0.3 is 6.18 Å². The monoisotopic (exact) mass is 395 g/mol. The number of ether oxygens (including phenoxy) is 1. The van der Waals surface area contributed by atoms with Crippen molar-refractivity contribution in [3.8, 4) is 11.5 Å². The molecule has 0 aliphatic carbocycles. The first-order valence-electron chi connectivity index (χ1n) is 5.68. The Morgan fingerprint density at radius 2 is 1.77 bits per heavy atom. The van der Waals surface area contributed by atoms with E-state index in [1.165, 1.54) is 18.2 Å². The minimum atomic E-state index is -4.85. The molecular formula is C13H6BrClF3NO3. The van der Waals surface area contributed by atoms with Crippen LogP contribution < -0.4 is 4.74 Å². The van der Waals surface area contributed by atoms with Crippen molar-refractivity contribution in [1.29, 1.82) is 0 Å². The third-order valence-corrected chi connectivity index (χ3v) is 3.74. The van der Waals surface area contributed by atoms with Gasteiger partial charge in [-0.3, -0.25) is 10.1 Å². The van der Waals surface area contributed by atoms with Crippen LogP contribution in [0.15, 0.2) is 40.9 Å². The summed E-state index contributed by atoms with van der Waals surface area (Å²) in [6.07, 6.45) is -4.85. The van der Waals surface area contributed by atoms with Crippen molar-refractivity contribution in [3.05, 3.63) is 61.6 Å². The third kappa shape index (κ3) is 3.33. The van der Waals surface area contributed by atoms with Gasteiger partial charge in [-0.15, -0.1) is 0 Å². The van der Waals surface area contributed by atoms with Crippen molar-refractivity contribution in [3.63, 3.8) is 0 Å². The summed E-state index contributed by atoms with van der Waals surface area (Å²) in [5.41, 5.74) is -1.99. The van der Waals surface area contributed by atoms with Crippen LogP contribution in [0.3, 0.4) is 0 Å². The number of hydrogen-bond donors (Lipinski definition) is 0. The molecule has 0 saturated carbocycles. The summed E-state index contributed by atoms with van der Waals surface area (Å²) >= 11 is 8.46. The molecule has 0 heterocycles. The van der Waals surface area contributed by atoms with E-state index >= 15 is 0 Å². The molecule has 0 aliphatic rings. The molecule has 0 N–H and O–H groups in total. The van der Waals surface area contributed by atoms with Crippen molar-refractivity contribution in [1.82, 2.24) is 0 Å². The maximum Gasteiger partial charge on any atom is 0.421 e. The highest BCUT2D eigenvalue weighted by atomic mass is 79.9. The van der Waals surface area contributed by atoms with E-state index in [0.29, 0.717) is 0 Å². The van der Waals surface area contributed by atoms with Gasteiger partial charge in [0.2, 0.25) is 0 Å². The second-order valence-corrected chi connectivity index (χ2v) is 5.26. The van der Waals surface area contributed by atoms with Crippen molar-refractivity contribution in [2.45, 2.75) is 6.18 Å². The number of para-hydroxylation sites is 1. The van der Waals surface area contributed by atoms with Crippen LogP contribution in [0.2, 0.25) is 5.02 Å². The molecule has 2 rings (SSSR count). The first-order valence-corrected chi connectivity index (χ1v) is 6.85. The largest absolute Gasteiger partial charge is 0.455 e. The first-order chi connectivity index (χ1) is 10.2. The fourth-order valence-electron chi connectivity index (χ4n) is 1.68. The number of rotatable bonds is 3. The van der Waals surface area contributed by atoms with E-state index in [2.05, 4.69) is 15.9 Å². The van der Waals surface area contributed by atoms with Gasteiger partial charge in [-0.25, -0.2) is 0 Å². The predicted octanol–water partition coefficient (Wildman–Crippen LogP) is 5.82. The summed E-state index contributed by atoms with van der Waals surface area (Å²) in [6, 6.07) is 7.77. The van der Waals surface area contributed by atoms with Crippen LogP contribution in [-0.4, -0.2) is 4.92 Å². The lowest BCUT2D eigenvalue weighted by atomic mass is 10.1. The molecule has 22 heavy (non-hydrogen) atoms. The van der Waals surface area contributed by atoms with E-state index in [9.17, 15) is 23.3 Å². The standard InChI is InChI=1S/C13H6BrClF3NO3/c14-12-8(19(20)21)5-6-10(11(12)13(16,17)18)22-9-4-2-1-3-7(9)15/h1-6H. The van der Waals surface area contributed by atoms with Crippen molar-refractivity contribution in [2.24, 2.45) is 0 Å². The fraction of sp³-hybridized carbons (Fsp3) is 0.0769. The van der Waals surface area contributed by atoms with Gasteiger partial charge in [0.25, 0.3) is 5.69 Å². The SMILES string of the molecule is O=[N+]([O-])c1ccc(Oc2ccccc2Cl)c(C(F)(F)F)c1Br. The van der Waals surface area contributed by atoms with Gasteiger partial charge < -0.3 is 4.74 Å². The highest BCUT2D eigenvalue weighted by Crippen LogP contribution is 2.46. The topological polar surface area (TPSA) is 52.4 Å². The maximum atomic E-state index is 13.2. The molecule has 0 bridgehead atoms. The number of benzene rings is 2. The second kappa shape index (κ2) is 6.13. The zero-order valence-electron chi connectivity index (χ0n) is 10.5. The van der Waals surface area contributed by atoms with E-state index in [1.807, 2.05) is 0 Å². The van der Waals surface area contributed by atoms with E-state index in [-0.39, 0.29) is 10.8 Å². The van der Waals surface area contributed by atoms with Gasteiger partial charge in [-0.1, -0.05) is 23.7 Å². The Labute approximate surface area is 135 Å². The molecule has 0 aliphatic heterocycles. The Bertz CT molecular complexity index is 737. The number of nitrogens with zero attached hydrogens (tertiary/aromatic N) is 1. The number of alkyl halides is 3. The molecule has 0 fully saturated rings. The van der Waals surface area contributed by atoms with E-state index < -0.39 is 32.6 Å². The molecule has 4 nitrogen and oxygen atoms in total. The maximum absolute atomic E-state index is 13.2.